The average molecular weight is 407 g/mol. The number of nitrogens with zero attached hydrogens (tertiary/aromatic N) is 2. The van der Waals surface area contributed by atoms with Crippen LogP contribution in [0, 0.1) is 18.3 Å². The summed E-state index contributed by atoms with van der Waals surface area (Å²) in [6.07, 6.45) is 1.58. The molecule has 0 saturated carbocycles. The maximum Gasteiger partial charge on any atom is 0.294 e. The van der Waals surface area contributed by atoms with E-state index >= 15 is 0 Å². The lowest BCUT2D eigenvalue weighted by Gasteiger charge is -2.12. The Bertz CT molecular complexity index is 1010. The zero-order chi connectivity index (χ0) is 20.8. The third-order valence-corrected chi connectivity index (χ3v) is 4.90. The number of ether oxygens (including phenoxy) is 1. The van der Waals surface area contributed by atoms with Crippen molar-refractivity contribution in [1.82, 2.24) is 4.90 Å². The molecule has 29 heavy (non-hydrogen) atoms. The number of amides is 3. The standard InChI is InChI=1S/C21H17N3O4S/c1-14-2-6-16(7-3-14)23-19(25)13-24-20(26)18(29-21(24)27)12-15-4-8-17(9-5-15)28-11-10-22/h2-9,12H,11,13H2,1H3,(H,23,25)/b18-12+. The summed E-state index contributed by atoms with van der Waals surface area (Å²) >= 11 is 0.789. The van der Waals surface area contributed by atoms with Crippen molar-refractivity contribution < 1.29 is 19.1 Å². The Balaban J connectivity index is 1.64. The van der Waals surface area contributed by atoms with Crippen molar-refractivity contribution in [3.63, 3.8) is 0 Å². The van der Waals surface area contributed by atoms with Gasteiger partial charge in [-0.15, -0.1) is 0 Å². The summed E-state index contributed by atoms with van der Waals surface area (Å²) in [5, 5.41) is 10.7. The quantitative estimate of drug-likeness (QED) is 0.735. The lowest BCUT2D eigenvalue weighted by molar-refractivity contribution is -0.127. The summed E-state index contributed by atoms with van der Waals surface area (Å²) < 4.78 is 5.17. The molecule has 0 aliphatic carbocycles. The van der Waals surface area contributed by atoms with Gasteiger partial charge in [0, 0.05) is 5.69 Å². The fraction of sp³-hybridized carbons (Fsp3) is 0.143. The van der Waals surface area contributed by atoms with E-state index in [9.17, 15) is 14.4 Å². The molecule has 1 N–H and O–H groups in total. The molecule has 1 aliphatic heterocycles. The molecule has 3 rings (SSSR count). The van der Waals surface area contributed by atoms with Crippen molar-refractivity contribution in [2.24, 2.45) is 0 Å². The lowest BCUT2D eigenvalue weighted by atomic mass is 10.2. The van der Waals surface area contributed by atoms with Gasteiger partial charge in [-0.1, -0.05) is 29.8 Å². The van der Waals surface area contributed by atoms with Crippen molar-refractivity contribution in [3.8, 4) is 11.8 Å². The number of nitrogens with one attached hydrogen (secondary N) is 1. The number of hydrogen-bond donors (Lipinski definition) is 1. The van der Waals surface area contributed by atoms with E-state index in [0.29, 0.717) is 17.0 Å². The molecule has 2 aromatic rings. The second-order valence-corrected chi connectivity index (χ2v) is 7.19. The first kappa shape index (κ1) is 20.2. The highest BCUT2D eigenvalue weighted by Gasteiger charge is 2.36. The third kappa shape index (κ3) is 5.24. The molecule has 0 radical (unpaired) electrons. The number of anilines is 1. The summed E-state index contributed by atoms with van der Waals surface area (Å²) in [5.41, 5.74) is 2.36. The van der Waals surface area contributed by atoms with Gasteiger partial charge in [0.2, 0.25) is 5.91 Å². The number of hydrogen-bond acceptors (Lipinski definition) is 6. The maximum absolute atomic E-state index is 12.5. The monoisotopic (exact) mass is 407 g/mol. The summed E-state index contributed by atoms with van der Waals surface area (Å²) in [6.45, 7) is 1.53. The van der Waals surface area contributed by atoms with Crippen LogP contribution in [0.1, 0.15) is 11.1 Å². The van der Waals surface area contributed by atoms with Gasteiger partial charge in [0.1, 0.15) is 18.4 Å². The molecule has 146 valence electrons. The Hall–Kier alpha value is -3.57. The van der Waals surface area contributed by atoms with Crippen LogP contribution in [-0.4, -0.2) is 35.1 Å². The number of imide groups is 1. The van der Waals surface area contributed by atoms with Crippen molar-refractivity contribution in [2.45, 2.75) is 6.92 Å². The smallest absolute Gasteiger partial charge is 0.294 e. The van der Waals surface area contributed by atoms with Gasteiger partial charge < -0.3 is 10.1 Å². The molecule has 1 fully saturated rings. The second kappa shape index (κ2) is 9.08. The van der Waals surface area contributed by atoms with Crippen LogP contribution in [0.5, 0.6) is 5.75 Å². The highest BCUT2D eigenvalue weighted by Crippen LogP contribution is 2.32. The molecule has 8 heteroatoms. The van der Waals surface area contributed by atoms with E-state index in [-0.39, 0.29) is 18.1 Å². The first-order chi connectivity index (χ1) is 14.0. The first-order valence-corrected chi connectivity index (χ1v) is 9.49. The van der Waals surface area contributed by atoms with Gasteiger partial charge in [0.05, 0.1) is 4.91 Å². The number of rotatable bonds is 6. The van der Waals surface area contributed by atoms with E-state index in [1.165, 1.54) is 0 Å². The lowest BCUT2D eigenvalue weighted by Crippen LogP contribution is -2.36. The summed E-state index contributed by atoms with van der Waals surface area (Å²) in [5.74, 6) is -0.426. The number of carbonyl (C=O) groups is 3. The predicted molar refractivity (Wildman–Crippen MR) is 110 cm³/mol. The topological polar surface area (TPSA) is 99.5 Å². The zero-order valence-corrected chi connectivity index (χ0v) is 16.4. The molecule has 1 aliphatic rings. The highest BCUT2D eigenvalue weighted by molar-refractivity contribution is 8.18. The van der Waals surface area contributed by atoms with Crippen LogP contribution in [-0.2, 0) is 9.59 Å². The van der Waals surface area contributed by atoms with E-state index < -0.39 is 17.1 Å². The summed E-state index contributed by atoms with van der Waals surface area (Å²) in [7, 11) is 0. The number of thioether (sulfide) groups is 1. The molecule has 7 nitrogen and oxygen atoms in total. The summed E-state index contributed by atoms with van der Waals surface area (Å²) in [6, 6.07) is 15.9. The minimum atomic E-state index is -0.510. The molecule has 0 atom stereocenters. The molecule has 3 amide bonds. The van der Waals surface area contributed by atoms with E-state index in [1.54, 1.807) is 42.5 Å². The zero-order valence-electron chi connectivity index (χ0n) is 15.5. The van der Waals surface area contributed by atoms with Gasteiger partial charge >= 0.3 is 0 Å². The summed E-state index contributed by atoms with van der Waals surface area (Å²) in [4.78, 5) is 38.1. The maximum atomic E-state index is 12.5. The minimum absolute atomic E-state index is 0.0527. The van der Waals surface area contributed by atoms with Crippen molar-refractivity contribution in [1.29, 1.82) is 5.26 Å². The number of carbonyl (C=O) groups excluding carboxylic acids is 3. The van der Waals surface area contributed by atoms with Gasteiger partial charge in [0.15, 0.2) is 6.61 Å². The molecule has 0 spiro atoms. The number of benzene rings is 2. The molecule has 1 saturated heterocycles. The van der Waals surface area contributed by atoms with Crippen LogP contribution in [0.15, 0.2) is 53.4 Å². The molecule has 1 heterocycles. The highest BCUT2D eigenvalue weighted by atomic mass is 32.2. The molecular formula is C21H17N3O4S. The fourth-order valence-corrected chi connectivity index (χ4v) is 3.38. The Kier molecular flexibility index (Phi) is 6.32. The third-order valence-electron chi connectivity index (χ3n) is 3.99. The molecule has 0 unspecified atom stereocenters. The van der Waals surface area contributed by atoms with Crippen LogP contribution < -0.4 is 10.1 Å². The van der Waals surface area contributed by atoms with E-state index in [2.05, 4.69) is 5.32 Å². The van der Waals surface area contributed by atoms with Crippen molar-refractivity contribution in [3.05, 3.63) is 64.6 Å². The normalized spacial score (nSPS) is 14.8. The van der Waals surface area contributed by atoms with Crippen molar-refractivity contribution >= 4 is 40.6 Å². The van der Waals surface area contributed by atoms with Crippen LogP contribution in [0.25, 0.3) is 6.08 Å². The van der Waals surface area contributed by atoms with Gasteiger partial charge in [0.25, 0.3) is 11.1 Å². The van der Waals surface area contributed by atoms with Crippen LogP contribution in [0.4, 0.5) is 10.5 Å². The molecule has 0 bridgehead atoms. The largest absolute Gasteiger partial charge is 0.479 e. The predicted octanol–water partition coefficient (Wildman–Crippen LogP) is 3.57. The first-order valence-electron chi connectivity index (χ1n) is 8.68. The Labute approximate surface area is 172 Å². The van der Waals surface area contributed by atoms with Crippen LogP contribution >= 0.6 is 11.8 Å². The van der Waals surface area contributed by atoms with Crippen molar-refractivity contribution in [2.75, 3.05) is 18.5 Å². The van der Waals surface area contributed by atoms with Crippen LogP contribution in [0.3, 0.4) is 0 Å². The Morgan fingerprint density at radius 1 is 1.17 bits per heavy atom. The fourth-order valence-electron chi connectivity index (χ4n) is 2.54. The number of nitriles is 1. The van der Waals surface area contributed by atoms with Gasteiger partial charge in [-0.25, -0.2) is 0 Å². The number of aryl methyl sites for hydroxylation is 1. The Morgan fingerprint density at radius 3 is 2.52 bits per heavy atom. The van der Waals surface area contributed by atoms with Gasteiger partial charge in [-0.05, 0) is 54.6 Å². The van der Waals surface area contributed by atoms with E-state index in [4.69, 9.17) is 10.00 Å². The van der Waals surface area contributed by atoms with Gasteiger partial charge in [-0.2, -0.15) is 5.26 Å². The second-order valence-electron chi connectivity index (χ2n) is 6.20. The van der Waals surface area contributed by atoms with E-state index in [1.807, 2.05) is 25.1 Å². The van der Waals surface area contributed by atoms with E-state index in [0.717, 1.165) is 22.2 Å². The average Bonchev–Trinajstić information content (AvgIpc) is 2.96. The molecule has 2 aromatic carbocycles. The Morgan fingerprint density at radius 2 is 1.86 bits per heavy atom. The van der Waals surface area contributed by atoms with Crippen LogP contribution in [0.2, 0.25) is 0 Å². The molecule has 0 aromatic heterocycles. The van der Waals surface area contributed by atoms with Gasteiger partial charge in [-0.3, -0.25) is 19.3 Å². The molecular weight excluding hydrogens is 390 g/mol. The minimum Gasteiger partial charge on any atom is -0.479 e. The SMILES string of the molecule is Cc1ccc(NC(=O)CN2C(=O)S/C(=C/c3ccc(OCC#N)cc3)C2=O)cc1.